The minimum absolute atomic E-state index is 0.0730. The Bertz CT molecular complexity index is 1170. The van der Waals surface area contributed by atoms with Gasteiger partial charge < -0.3 is 10.2 Å². The lowest BCUT2D eigenvalue weighted by Crippen LogP contribution is -2.14. The molecule has 0 aliphatic rings. The van der Waals surface area contributed by atoms with Crippen molar-refractivity contribution >= 4 is 34.9 Å². The summed E-state index contributed by atoms with van der Waals surface area (Å²) < 4.78 is 15.3. The highest BCUT2D eigenvalue weighted by molar-refractivity contribution is 6.33. The van der Waals surface area contributed by atoms with Crippen molar-refractivity contribution < 1.29 is 24.2 Å². The van der Waals surface area contributed by atoms with E-state index in [1.54, 1.807) is 22.9 Å². The van der Waals surface area contributed by atoms with Crippen molar-refractivity contribution in [2.45, 2.75) is 38.7 Å². The molecular weight excluding hydrogens is 423 g/mol. The van der Waals surface area contributed by atoms with Crippen molar-refractivity contribution in [3.63, 3.8) is 0 Å². The largest absolute Gasteiger partial charge is 0.481 e. The molecule has 1 atom stereocenters. The molecule has 6 nitrogen and oxygen atoms in total. The molecule has 0 saturated heterocycles. The maximum atomic E-state index is 13.6. The monoisotopic (exact) mass is 444 g/mol. The highest BCUT2D eigenvalue weighted by Gasteiger charge is 2.20. The van der Waals surface area contributed by atoms with E-state index in [2.05, 4.69) is 5.10 Å². The van der Waals surface area contributed by atoms with Gasteiger partial charge in [-0.1, -0.05) is 37.6 Å². The zero-order chi connectivity index (χ0) is 22.7. The lowest BCUT2D eigenvalue weighted by Gasteiger charge is -2.18. The van der Waals surface area contributed by atoms with Crippen LogP contribution < -0.4 is 0 Å². The molecule has 2 N–H and O–H groups in total. The number of hydrogen-bond donors (Lipinski definition) is 2. The summed E-state index contributed by atoms with van der Waals surface area (Å²) in [5.74, 6) is -2.21. The van der Waals surface area contributed by atoms with Gasteiger partial charge in [-0.3, -0.25) is 9.59 Å². The number of aliphatic hydroxyl groups excluding tert-OH is 1. The average molecular weight is 445 g/mol. The normalized spacial score (nSPS) is 12.7. The van der Waals surface area contributed by atoms with Gasteiger partial charge in [0.05, 0.1) is 16.6 Å². The zero-order valence-corrected chi connectivity index (χ0v) is 17.8. The lowest BCUT2D eigenvalue weighted by molar-refractivity contribution is -0.140. The molecule has 0 bridgehead atoms. The Hall–Kier alpha value is -3.03. The highest BCUT2D eigenvalue weighted by atomic mass is 35.5. The Labute approximate surface area is 183 Å². The molecule has 0 fully saturated rings. The summed E-state index contributed by atoms with van der Waals surface area (Å²) in [4.78, 5) is 22.4. The molecule has 0 spiro atoms. The summed E-state index contributed by atoms with van der Waals surface area (Å²) >= 11 is 6.31. The number of Topliss-reactive ketones (excluding diaryl/α,β-unsaturated/α-hetero) is 1. The molecule has 0 aliphatic carbocycles. The van der Waals surface area contributed by atoms with E-state index in [4.69, 9.17) is 16.7 Å². The number of halogens is 2. The smallest absolute Gasteiger partial charge is 0.310 e. The van der Waals surface area contributed by atoms with E-state index in [0.717, 1.165) is 11.1 Å². The van der Waals surface area contributed by atoms with Crippen molar-refractivity contribution in [2.24, 2.45) is 0 Å². The van der Waals surface area contributed by atoms with Gasteiger partial charge in [-0.05, 0) is 41.8 Å². The van der Waals surface area contributed by atoms with Crippen molar-refractivity contribution in [3.8, 4) is 11.3 Å². The Morgan fingerprint density at radius 2 is 2.03 bits per heavy atom. The topological polar surface area (TPSA) is 91.9 Å². The van der Waals surface area contributed by atoms with Crippen LogP contribution in [-0.2, 0) is 9.59 Å². The van der Waals surface area contributed by atoms with Crippen molar-refractivity contribution in [1.29, 1.82) is 0 Å². The van der Waals surface area contributed by atoms with Crippen molar-refractivity contribution in [2.75, 3.05) is 0 Å². The number of carboxylic acids is 1. The second-order valence-electron chi connectivity index (χ2n) is 7.53. The fourth-order valence-electron chi connectivity index (χ4n) is 3.51. The van der Waals surface area contributed by atoms with Crippen LogP contribution in [0.3, 0.4) is 0 Å². The minimum atomic E-state index is -1.24. The zero-order valence-electron chi connectivity index (χ0n) is 17.0. The Kier molecular flexibility index (Phi) is 6.87. The molecule has 31 heavy (non-hydrogen) atoms. The van der Waals surface area contributed by atoms with Gasteiger partial charge in [-0.25, -0.2) is 8.91 Å². The summed E-state index contributed by atoms with van der Waals surface area (Å²) in [6, 6.07) is 7.83. The number of benzene rings is 1. The quantitative estimate of drug-likeness (QED) is 0.490. The van der Waals surface area contributed by atoms with Gasteiger partial charge in [-0.2, -0.15) is 5.10 Å². The van der Waals surface area contributed by atoms with E-state index in [1.807, 2.05) is 26.0 Å². The fraction of sp³-hybridized carbons (Fsp3) is 0.261. The Balaban J connectivity index is 2.12. The lowest BCUT2D eigenvalue weighted by atomic mass is 9.93. The number of carbonyl (C=O) groups is 2. The number of nitrogens with zero attached hydrogens (tertiary/aromatic N) is 2. The SMILES string of the molecule is CC(C)c1c(C=CC(O)CC(=O)CC(=O)O)c(-c2ccc(F)cc2Cl)nn2cccc12. The van der Waals surface area contributed by atoms with E-state index in [-0.39, 0.29) is 17.4 Å². The van der Waals surface area contributed by atoms with Crippen LogP contribution in [0, 0.1) is 5.82 Å². The maximum absolute atomic E-state index is 13.6. The van der Waals surface area contributed by atoms with Crippen LogP contribution >= 0.6 is 11.6 Å². The summed E-state index contributed by atoms with van der Waals surface area (Å²) in [7, 11) is 0. The second kappa shape index (κ2) is 9.41. The molecule has 2 heterocycles. The Morgan fingerprint density at radius 1 is 1.29 bits per heavy atom. The third-order valence-corrected chi connectivity index (χ3v) is 5.10. The summed E-state index contributed by atoms with van der Waals surface area (Å²) in [5.41, 5.74) is 3.51. The molecule has 1 aromatic carbocycles. The highest BCUT2D eigenvalue weighted by Crippen LogP contribution is 2.36. The third kappa shape index (κ3) is 5.18. The number of hydrogen-bond acceptors (Lipinski definition) is 4. The van der Waals surface area contributed by atoms with E-state index in [1.165, 1.54) is 18.2 Å². The molecule has 0 amide bonds. The second-order valence-corrected chi connectivity index (χ2v) is 7.94. The maximum Gasteiger partial charge on any atom is 0.310 e. The van der Waals surface area contributed by atoms with Gasteiger partial charge in [0, 0.05) is 23.7 Å². The van der Waals surface area contributed by atoms with Crippen LogP contribution in [0.15, 0.2) is 42.6 Å². The summed E-state index contributed by atoms with van der Waals surface area (Å²) in [5, 5.41) is 23.8. The van der Waals surface area contributed by atoms with E-state index in [0.29, 0.717) is 16.8 Å². The van der Waals surface area contributed by atoms with Gasteiger partial charge in [0.15, 0.2) is 0 Å². The first-order valence-corrected chi connectivity index (χ1v) is 10.1. The van der Waals surface area contributed by atoms with Crippen LogP contribution in [0.1, 0.15) is 43.7 Å². The van der Waals surface area contributed by atoms with Crippen molar-refractivity contribution in [1.82, 2.24) is 9.61 Å². The fourth-order valence-corrected chi connectivity index (χ4v) is 3.76. The van der Waals surface area contributed by atoms with Gasteiger partial charge in [0.2, 0.25) is 0 Å². The Morgan fingerprint density at radius 3 is 2.68 bits per heavy atom. The van der Waals surface area contributed by atoms with Gasteiger partial charge >= 0.3 is 5.97 Å². The van der Waals surface area contributed by atoms with Gasteiger partial charge in [-0.15, -0.1) is 0 Å². The number of carboxylic acid groups (broad SMARTS) is 1. The number of aromatic nitrogens is 2. The minimum Gasteiger partial charge on any atom is -0.481 e. The standard InChI is InChI=1S/C23H22ClFN2O4/c1-13(2)22-18(8-6-15(28)11-16(29)12-21(30)31)23(26-27-9-3-4-20(22)27)17-7-5-14(25)10-19(17)24/h3-10,13,15,28H,11-12H2,1-2H3,(H,30,31). The van der Waals surface area contributed by atoms with Crippen LogP contribution in [0.2, 0.25) is 5.02 Å². The van der Waals surface area contributed by atoms with Gasteiger partial charge in [0.1, 0.15) is 23.7 Å². The number of fused-ring (bicyclic) bond motifs is 1. The number of carbonyl (C=O) groups excluding carboxylic acids is 1. The van der Waals surface area contributed by atoms with E-state index < -0.39 is 30.1 Å². The predicted molar refractivity (Wildman–Crippen MR) is 117 cm³/mol. The van der Waals surface area contributed by atoms with E-state index in [9.17, 15) is 19.1 Å². The number of aliphatic hydroxyl groups is 1. The van der Waals surface area contributed by atoms with Crippen LogP contribution in [0.5, 0.6) is 0 Å². The average Bonchev–Trinajstić information content (AvgIpc) is 3.12. The first-order chi connectivity index (χ1) is 14.7. The summed E-state index contributed by atoms with van der Waals surface area (Å²) in [6.07, 6.45) is 2.77. The molecular formula is C23H22ClFN2O4. The molecule has 3 rings (SSSR count). The van der Waals surface area contributed by atoms with Crippen LogP contribution in [0.25, 0.3) is 22.9 Å². The third-order valence-electron chi connectivity index (χ3n) is 4.79. The number of rotatable bonds is 8. The molecule has 2 aromatic heterocycles. The molecule has 162 valence electrons. The number of aliphatic carboxylic acids is 1. The molecule has 0 aliphatic heterocycles. The van der Waals surface area contributed by atoms with Gasteiger partial charge in [0.25, 0.3) is 0 Å². The first-order valence-electron chi connectivity index (χ1n) is 9.73. The predicted octanol–water partition coefficient (Wildman–Crippen LogP) is 4.73. The molecule has 0 saturated carbocycles. The van der Waals surface area contributed by atoms with Crippen LogP contribution in [0.4, 0.5) is 4.39 Å². The molecule has 3 aromatic rings. The summed E-state index contributed by atoms with van der Waals surface area (Å²) in [6.45, 7) is 4.03. The molecule has 8 heteroatoms. The van der Waals surface area contributed by atoms with Crippen molar-refractivity contribution in [3.05, 3.63) is 64.6 Å². The molecule has 0 radical (unpaired) electrons. The molecule has 1 unspecified atom stereocenters. The number of ketones is 1. The first kappa shape index (κ1) is 22.7. The van der Waals surface area contributed by atoms with E-state index >= 15 is 0 Å². The van der Waals surface area contributed by atoms with Crippen LogP contribution in [-0.4, -0.2) is 37.7 Å².